The van der Waals surface area contributed by atoms with Crippen molar-refractivity contribution in [1.29, 1.82) is 0 Å². The molecule has 2 aliphatic rings. The molecule has 1 aromatic carbocycles. The Bertz CT molecular complexity index is 532. The summed E-state index contributed by atoms with van der Waals surface area (Å²) in [4.78, 5) is 14.7. The van der Waals surface area contributed by atoms with Crippen LogP contribution >= 0.6 is 23.2 Å². The minimum absolute atomic E-state index is 0.189. The highest BCUT2D eigenvalue weighted by atomic mass is 35.5. The zero-order chi connectivity index (χ0) is 15.7. The van der Waals surface area contributed by atoms with E-state index in [2.05, 4.69) is 22.6 Å². The Morgan fingerprint density at radius 3 is 2.32 bits per heavy atom. The lowest BCUT2D eigenvalue weighted by molar-refractivity contribution is 0.0513. The van der Waals surface area contributed by atoms with Crippen molar-refractivity contribution in [1.82, 2.24) is 10.2 Å². The smallest absolute Gasteiger partial charge is 0.319 e. The van der Waals surface area contributed by atoms with Gasteiger partial charge in [0.05, 0.1) is 0 Å². The first-order valence-corrected chi connectivity index (χ1v) is 8.52. The number of urea groups is 1. The maximum absolute atomic E-state index is 12.2. The molecule has 120 valence electrons. The summed E-state index contributed by atoms with van der Waals surface area (Å²) in [5.41, 5.74) is 0.614. The number of amides is 2. The fourth-order valence-corrected chi connectivity index (χ4v) is 4.24. The second-order valence-corrected chi connectivity index (χ2v) is 7.20. The number of piperidine rings is 2. The third-order valence-electron chi connectivity index (χ3n) is 4.80. The molecule has 3 rings (SSSR count). The van der Waals surface area contributed by atoms with Crippen LogP contribution in [0.3, 0.4) is 0 Å². The summed E-state index contributed by atoms with van der Waals surface area (Å²) in [5.74, 6) is 0. The Morgan fingerprint density at radius 1 is 1.14 bits per heavy atom. The van der Waals surface area contributed by atoms with E-state index in [1.165, 1.54) is 19.3 Å². The molecule has 2 saturated heterocycles. The minimum atomic E-state index is -0.189. The van der Waals surface area contributed by atoms with Gasteiger partial charge in [-0.15, -0.1) is 0 Å². The summed E-state index contributed by atoms with van der Waals surface area (Å²) in [6.07, 6.45) is 5.82. The van der Waals surface area contributed by atoms with Crippen molar-refractivity contribution in [2.75, 3.05) is 12.4 Å². The van der Waals surface area contributed by atoms with E-state index in [4.69, 9.17) is 23.2 Å². The number of rotatable bonds is 2. The van der Waals surface area contributed by atoms with Crippen molar-refractivity contribution in [2.24, 2.45) is 0 Å². The molecule has 4 nitrogen and oxygen atoms in total. The zero-order valence-corrected chi connectivity index (χ0v) is 14.1. The molecule has 2 amide bonds. The van der Waals surface area contributed by atoms with E-state index in [9.17, 15) is 4.79 Å². The highest BCUT2D eigenvalue weighted by molar-refractivity contribution is 6.35. The number of benzene rings is 1. The molecule has 22 heavy (non-hydrogen) atoms. The summed E-state index contributed by atoms with van der Waals surface area (Å²) in [6, 6.07) is 6.26. The molecule has 3 atom stereocenters. The van der Waals surface area contributed by atoms with E-state index >= 15 is 0 Å². The molecule has 0 aromatic heterocycles. The van der Waals surface area contributed by atoms with Crippen molar-refractivity contribution < 1.29 is 4.79 Å². The largest absolute Gasteiger partial charge is 0.335 e. The van der Waals surface area contributed by atoms with Crippen LogP contribution < -0.4 is 10.6 Å². The van der Waals surface area contributed by atoms with Gasteiger partial charge in [-0.25, -0.2) is 4.79 Å². The van der Waals surface area contributed by atoms with E-state index in [-0.39, 0.29) is 12.1 Å². The van der Waals surface area contributed by atoms with Gasteiger partial charge >= 0.3 is 6.03 Å². The topological polar surface area (TPSA) is 44.4 Å². The van der Waals surface area contributed by atoms with E-state index in [0.717, 1.165) is 12.8 Å². The highest BCUT2D eigenvalue weighted by Gasteiger charge is 2.36. The van der Waals surface area contributed by atoms with Crippen molar-refractivity contribution in [3.63, 3.8) is 0 Å². The molecule has 2 bridgehead atoms. The number of hydrogen-bond donors (Lipinski definition) is 2. The first kappa shape index (κ1) is 15.9. The van der Waals surface area contributed by atoms with Gasteiger partial charge in [0.15, 0.2) is 0 Å². The summed E-state index contributed by atoms with van der Waals surface area (Å²) in [6.45, 7) is 0. The van der Waals surface area contributed by atoms with Gasteiger partial charge in [0, 0.05) is 33.9 Å². The first-order valence-electron chi connectivity index (χ1n) is 7.77. The predicted molar refractivity (Wildman–Crippen MR) is 90.8 cm³/mol. The number of nitrogens with zero attached hydrogens (tertiary/aromatic N) is 1. The van der Waals surface area contributed by atoms with Crippen LogP contribution in [0.2, 0.25) is 10.0 Å². The minimum Gasteiger partial charge on any atom is -0.335 e. The van der Waals surface area contributed by atoms with Gasteiger partial charge in [-0.1, -0.05) is 29.6 Å². The van der Waals surface area contributed by atoms with Crippen LogP contribution in [0.1, 0.15) is 32.1 Å². The Labute approximate surface area is 141 Å². The lowest BCUT2D eigenvalue weighted by atomic mass is 9.82. The normalized spacial score (nSPS) is 28.2. The Kier molecular flexibility index (Phi) is 4.81. The molecular weight excluding hydrogens is 321 g/mol. The number of fused-ring (bicyclic) bond motifs is 2. The van der Waals surface area contributed by atoms with E-state index in [1.807, 2.05) is 0 Å². The summed E-state index contributed by atoms with van der Waals surface area (Å²) in [5, 5.41) is 6.93. The summed E-state index contributed by atoms with van der Waals surface area (Å²) >= 11 is 11.9. The third kappa shape index (κ3) is 3.67. The number of hydrogen-bond acceptors (Lipinski definition) is 2. The number of nitrogens with one attached hydrogen (secondary N) is 2. The molecule has 0 spiro atoms. The average molecular weight is 342 g/mol. The quantitative estimate of drug-likeness (QED) is 0.849. The van der Waals surface area contributed by atoms with Gasteiger partial charge in [0.25, 0.3) is 0 Å². The molecule has 0 radical (unpaired) electrons. The molecule has 1 aromatic rings. The van der Waals surface area contributed by atoms with Gasteiger partial charge < -0.3 is 15.5 Å². The molecule has 1 unspecified atom stereocenters. The number of carbonyl (C=O) groups is 1. The van der Waals surface area contributed by atoms with Crippen molar-refractivity contribution in [2.45, 2.75) is 50.2 Å². The monoisotopic (exact) mass is 341 g/mol. The standard InChI is InChI=1S/C16H21Cl2N3O/c1-21-14-3-2-4-15(21)9-13(8-14)20-16(22)19-12-6-10(17)5-11(18)7-12/h5-7,13-15H,2-4,8-9H2,1H3,(H2,19,20,22)/t13?,14-,15+. The molecule has 2 fully saturated rings. The van der Waals surface area contributed by atoms with E-state index in [0.29, 0.717) is 27.8 Å². The van der Waals surface area contributed by atoms with Crippen LogP contribution in [0.15, 0.2) is 18.2 Å². The maximum atomic E-state index is 12.2. The lowest BCUT2D eigenvalue weighted by Crippen LogP contribution is -2.55. The SMILES string of the molecule is CN1[C@@H]2CCC[C@H]1CC(NC(=O)Nc1cc(Cl)cc(Cl)c1)C2. The Morgan fingerprint density at radius 2 is 1.73 bits per heavy atom. The lowest BCUT2D eigenvalue weighted by Gasteiger charge is -2.47. The number of anilines is 1. The fourth-order valence-electron chi connectivity index (χ4n) is 3.71. The Hall–Kier alpha value is -0.970. The van der Waals surface area contributed by atoms with E-state index in [1.54, 1.807) is 18.2 Å². The van der Waals surface area contributed by atoms with Crippen LogP contribution in [0.5, 0.6) is 0 Å². The number of halogens is 2. The van der Waals surface area contributed by atoms with Gasteiger partial charge in [-0.05, 0) is 50.9 Å². The Balaban J connectivity index is 1.58. The van der Waals surface area contributed by atoms with Crippen LogP contribution in [-0.4, -0.2) is 36.1 Å². The predicted octanol–water partition coefficient (Wildman–Crippen LogP) is 4.13. The first-order chi connectivity index (χ1) is 10.5. The van der Waals surface area contributed by atoms with Crippen molar-refractivity contribution in [3.8, 4) is 0 Å². The fraction of sp³-hybridized carbons (Fsp3) is 0.562. The molecule has 2 aliphatic heterocycles. The molecule has 2 N–H and O–H groups in total. The van der Waals surface area contributed by atoms with Crippen LogP contribution in [0, 0.1) is 0 Å². The maximum Gasteiger partial charge on any atom is 0.319 e. The molecule has 0 saturated carbocycles. The second-order valence-electron chi connectivity index (χ2n) is 6.33. The highest BCUT2D eigenvalue weighted by Crippen LogP contribution is 2.32. The molecule has 0 aliphatic carbocycles. The van der Waals surface area contributed by atoms with Crippen molar-refractivity contribution in [3.05, 3.63) is 28.2 Å². The van der Waals surface area contributed by atoms with Crippen LogP contribution in [-0.2, 0) is 0 Å². The zero-order valence-electron chi connectivity index (χ0n) is 12.6. The molecular formula is C16H21Cl2N3O. The number of carbonyl (C=O) groups excluding carboxylic acids is 1. The van der Waals surface area contributed by atoms with Crippen LogP contribution in [0.4, 0.5) is 10.5 Å². The molecule has 2 heterocycles. The van der Waals surface area contributed by atoms with Crippen molar-refractivity contribution >= 4 is 34.9 Å². The van der Waals surface area contributed by atoms with Gasteiger partial charge in [-0.2, -0.15) is 0 Å². The average Bonchev–Trinajstić information content (AvgIpc) is 2.38. The summed E-state index contributed by atoms with van der Waals surface area (Å²) < 4.78 is 0. The third-order valence-corrected chi connectivity index (χ3v) is 5.23. The van der Waals surface area contributed by atoms with E-state index < -0.39 is 0 Å². The van der Waals surface area contributed by atoms with Crippen LogP contribution in [0.25, 0.3) is 0 Å². The van der Waals surface area contributed by atoms with Gasteiger partial charge in [0.1, 0.15) is 0 Å². The molecule has 6 heteroatoms. The second kappa shape index (κ2) is 6.65. The summed E-state index contributed by atoms with van der Waals surface area (Å²) in [7, 11) is 2.21. The van der Waals surface area contributed by atoms with Gasteiger partial charge in [0.2, 0.25) is 0 Å². The van der Waals surface area contributed by atoms with Gasteiger partial charge in [-0.3, -0.25) is 0 Å².